The van der Waals surface area contributed by atoms with Crippen LogP contribution in [0.4, 0.5) is 0 Å². The molecule has 0 aromatic rings. The lowest BCUT2D eigenvalue weighted by atomic mass is 10.0. The van der Waals surface area contributed by atoms with E-state index in [1.54, 1.807) is 0 Å². The van der Waals surface area contributed by atoms with Crippen LogP contribution in [0.5, 0.6) is 0 Å². The molecular weight excluding hydrogens is 1340 g/mol. The van der Waals surface area contributed by atoms with Gasteiger partial charge in [0.2, 0.25) is 0 Å². The molecule has 0 aromatic carbocycles. The third-order valence-electron chi connectivity index (χ3n) is 19.8. The summed E-state index contributed by atoms with van der Waals surface area (Å²) < 4.78 is 68.8. The van der Waals surface area contributed by atoms with Gasteiger partial charge in [-0.05, 0) is 31.6 Å². The average Bonchev–Trinajstić information content (AvgIpc) is 0.939. The topological polar surface area (TPSA) is 237 Å². The van der Waals surface area contributed by atoms with Gasteiger partial charge in [-0.3, -0.25) is 37.3 Å². The van der Waals surface area contributed by atoms with Gasteiger partial charge < -0.3 is 33.8 Å². The van der Waals surface area contributed by atoms with Gasteiger partial charge in [-0.25, -0.2) is 9.13 Å². The molecule has 0 saturated heterocycles. The molecule has 103 heavy (non-hydrogen) atoms. The van der Waals surface area contributed by atoms with Gasteiger partial charge in [-0.15, -0.1) is 0 Å². The minimum Gasteiger partial charge on any atom is -0.462 e. The highest BCUT2D eigenvalue weighted by molar-refractivity contribution is 7.47. The van der Waals surface area contributed by atoms with Crippen molar-refractivity contribution >= 4 is 39.5 Å². The van der Waals surface area contributed by atoms with Crippen LogP contribution in [0.15, 0.2) is 0 Å². The van der Waals surface area contributed by atoms with E-state index < -0.39 is 97.5 Å². The summed E-state index contributed by atoms with van der Waals surface area (Å²) in [6.07, 6.45) is 69.4. The molecule has 0 aliphatic rings. The molecule has 0 rings (SSSR count). The normalized spacial score (nSPS) is 13.8. The average molecular weight is 1510 g/mol. The van der Waals surface area contributed by atoms with Crippen molar-refractivity contribution in [2.45, 2.75) is 470 Å². The highest BCUT2D eigenvalue weighted by Gasteiger charge is 2.30. The quantitative estimate of drug-likeness (QED) is 0.0222. The van der Waals surface area contributed by atoms with E-state index in [4.69, 9.17) is 37.0 Å². The molecule has 0 aromatic heterocycles. The van der Waals surface area contributed by atoms with Gasteiger partial charge in [0, 0.05) is 25.7 Å². The van der Waals surface area contributed by atoms with Gasteiger partial charge >= 0.3 is 39.5 Å². The molecule has 3 N–H and O–H groups in total. The predicted molar refractivity (Wildman–Crippen MR) is 423 cm³/mol. The van der Waals surface area contributed by atoms with E-state index in [2.05, 4.69) is 34.6 Å². The molecule has 0 aliphatic heterocycles. The zero-order chi connectivity index (χ0) is 75.5. The molecule has 0 fully saturated rings. The number of phosphoric ester groups is 2. The van der Waals surface area contributed by atoms with Crippen LogP contribution in [0, 0.1) is 5.92 Å². The summed E-state index contributed by atoms with van der Waals surface area (Å²) in [4.78, 5) is 73.1. The highest BCUT2D eigenvalue weighted by atomic mass is 31.2. The molecule has 19 heteroatoms. The first kappa shape index (κ1) is 101. The fourth-order valence-corrected chi connectivity index (χ4v) is 14.7. The second-order valence-electron chi connectivity index (χ2n) is 30.7. The molecule has 0 spiro atoms. The summed E-state index contributed by atoms with van der Waals surface area (Å²) in [7, 11) is -9.92. The first-order valence-electron chi connectivity index (χ1n) is 43.6. The summed E-state index contributed by atoms with van der Waals surface area (Å²) in [6.45, 7) is 7.36. The molecule has 0 radical (unpaired) electrons. The zero-order valence-electron chi connectivity index (χ0n) is 67.5. The number of phosphoric acid groups is 2. The van der Waals surface area contributed by atoms with Crippen molar-refractivity contribution in [3.8, 4) is 0 Å². The number of ether oxygens (including phenoxy) is 4. The van der Waals surface area contributed by atoms with Gasteiger partial charge in [-0.1, -0.05) is 401 Å². The Bertz CT molecular complexity index is 1960. The van der Waals surface area contributed by atoms with E-state index >= 15 is 0 Å². The molecular formula is C84H164O17P2. The Balaban J connectivity index is 5.22. The third kappa shape index (κ3) is 78.0. The Morgan fingerprint density at radius 2 is 0.447 bits per heavy atom. The largest absolute Gasteiger partial charge is 0.472 e. The standard InChI is InChI=1S/C84H164O17P2/c1-6-9-12-15-18-21-24-26-28-29-30-31-32-33-34-36-38-45-50-55-60-65-70-84(89)101-80(74-95-82(87)68-63-58-53-48-43-40-39-42-46-51-56-61-66-77(4)5)76-99-103(92,93)97-72-78(85)71-96-102(90,91)98-75-79(73-94-81(86)67-62-57-52-47-41-23-20-17-14-11-8-3)100-83(88)69-64-59-54-49-44-37-35-27-25-22-19-16-13-10-7-2/h77-80,85H,6-76H2,1-5H3,(H,90,91)(H,92,93)/t78-,79+,80+/m0/s1. The lowest BCUT2D eigenvalue weighted by Crippen LogP contribution is -2.30. The second-order valence-corrected chi connectivity index (χ2v) is 33.6. The molecule has 17 nitrogen and oxygen atoms in total. The summed E-state index contributed by atoms with van der Waals surface area (Å²) in [5, 5.41) is 10.7. The van der Waals surface area contributed by atoms with Crippen molar-refractivity contribution < 1.29 is 80.2 Å². The molecule has 2 unspecified atom stereocenters. The number of rotatable bonds is 84. The minimum absolute atomic E-state index is 0.109. The van der Waals surface area contributed by atoms with Gasteiger partial charge in [0.25, 0.3) is 0 Å². The second kappa shape index (κ2) is 76.8. The van der Waals surface area contributed by atoms with Gasteiger partial charge in [0.05, 0.1) is 26.4 Å². The first-order chi connectivity index (χ1) is 50.0. The maximum absolute atomic E-state index is 13.1. The number of esters is 4. The van der Waals surface area contributed by atoms with Crippen LogP contribution in [0.3, 0.4) is 0 Å². The van der Waals surface area contributed by atoms with Crippen molar-refractivity contribution in [2.24, 2.45) is 5.92 Å². The highest BCUT2D eigenvalue weighted by Crippen LogP contribution is 2.45. The lowest BCUT2D eigenvalue weighted by molar-refractivity contribution is -0.161. The van der Waals surface area contributed by atoms with Crippen molar-refractivity contribution in [1.82, 2.24) is 0 Å². The Kier molecular flexibility index (Phi) is 75.4. The van der Waals surface area contributed by atoms with Crippen LogP contribution >= 0.6 is 15.6 Å². The van der Waals surface area contributed by atoms with Gasteiger partial charge in [0.15, 0.2) is 12.2 Å². The minimum atomic E-state index is -4.96. The Morgan fingerprint density at radius 1 is 0.262 bits per heavy atom. The van der Waals surface area contributed by atoms with E-state index in [-0.39, 0.29) is 25.7 Å². The molecule has 612 valence electrons. The Labute approximate surface area is 632 Å². The maximum Gasteiger partial charge on any atom is 0.472 e. The molecule has 0 heterocycles. The summed E-state index contributed by atoms with van der Waals surface area (Å²) in [6, 6.07) is 0. The van der Waals surface area contributed by atoms with E-state index in [9.17, 15) is 43.2 Å². The number of aliphatic hydroxyl groups is 1. The molecule has 0 aliphatic carbocycles. The van der Waals surface area contributed by atoms with E-state index in [0.29, 0.717) is 25.7 Å². The molecule has 0 saturated carbocycles. The summed E-state index contributed by atoms with van der Waals surface area (Å²) in [5.41, 5.74) is 0. The third-order valence-corrected chi connectivity index (χ3v) is 21.7. The summed E-state index contributed by atoms with van der Waals surface area (Å²) >= 11 is 0. The number of carbonyl (C=O) groups is 4. The van der Waals surface area contributed by atoms with Crippen LogP contribution < -0.4 is 0 Å². The van der Waals surface area contributed by atoms with E-state index in [1.165, 1.54) is 276 Å². The number of unbranched alkanes of at least 4 members (excludes halogenated alkanes) is 56. The Hall–Kier alpha value is -1.94. The van der Waals surface area contributed by atoms with Gasteiger partial charge in [0.1, 0.15) is 19.3 Å². The smallest absolute Gasteiger partial charge is 0.462 e. The molecule has 5 atom stereocenters. The van der Waals surface area contributed by atoms with Crippen LogP contribution in [0.2, 0.25) is 0 Å². The van der Waals surface area contributed by atoms with Crippen molar-refractivity contribution in [2.75, 3.05) is 39.6 Å². The monoisotopic (exact) mass is 1510 g/mol. The van der Waals surface area contributed by atoms with Crippen molar-refractivity contribution in [3.05, 3.63) is 0 Å². The molecule has 0 bridgehead atoms. The van der Waals surface area contributed by atoms with Crippen molar-refractivity contribution in [1.29, 1.82) is 0 Å². The van der Waals surface area contributed by atoms with Crippen LogP contribution in [-0.4, -0.2) is 96.7 Å². The van der Waals surface area contributed by atoms with Crippen LogP contribution in [-0.2, 0) is 65.4 Å². The lowest BCUT2D eigenvalue weighted by Gasteiger charge is -2.21. The number of hydrogen-bond donors (Lipinski definition) is 3. The summed E-state index contributed by atoms with van der Waals surface area (Å²) in [5.74, 6) is -1.32. The Morgan fingerprint density at radius 3 is 0.660 bits per heavy atom. The van der Waals surface area contributed by atoms with E-state index in [0.717, 1.165) is 95.8 Å². The fourth-order valence-electron chi connectivity index (χ4n) is 13.1. The number of aliphatic hydroxyl groups excluding tert-OH is 1. The molecule has 0 amide bonds. The predicted octanol–water partition coefficient (Wildman–Crippen LogP) is 25.6. The van der Waals surface area contributed by atoms with Crippen LogP contribution in [0.1, 0.15) is 452 Å². The van der Waals surface area contributed by atoms with E-state index in [1.807, 2.05) is 0 Å². The van der Waals surface area contributed by atoms with Crippen LogP contribution in [0.25, 0.3) is 0 Å². The fraction of sp³-hybridized carbons (Fsp3) is 0.952. The van der Waals surface area contributed by atoms with Crippen molar-refractivity contribution in [3.63, 3.8) is 0 Å². The maximum atomic E-state index is 13.1. The number of carbonyl (C=O) groups excluding carboxylic acids is 4. The SMILES string of the molecule is CCCCCCCCCCCCCCCCCCCCCCCCC(=O)O[C@H](COC(=O)CCCCCCCCCCCCCCC(C)C)COP(=O)(O)OC[C@@H](O)COP(=O)(O)OC[C@@H](COC(=O)CCCCCCCCCCCCC)OC(=O)CCCCCCCCCCCCCCCCC. The zero-order valence-corrected chi connectivity index (χ0v) is 69.3. The van der Waals surface area contributed by atoms with Gasteiger partial charge in [-0.2, -0.15) is 0 Å². The first-order valence-corrected chi connectivity index (χ1v) is 46.6. The number of hydrogen-bond acceptors (Lipinski definition) is 15.